The highest BCUT2D eigenvalue weighted by Gasteiger charge is 2.30. The Balaban J connectivity index is 0.00000207. The van der Waals surface area contributed by atoms with Gasteiger partial charge in [0, 0.05) is 23.3 Å². The molecule has 0 radical (unpaired) electrons. The predicted octanol–water partition coefficient (Wildman–Crippen LogP) is 6.94. The highest BCUT2D eigenvalue weighted by molar-refractivity contribution is 6.15. The summed E-state index contributed by atoms with van der Waals surface area (Å²) in [7, 11) is 0. The Hall–Kier alpha value is -4.24. The van der Waals surface area contributed by atoms with Crippen LogP contribution in [0.1, 0.15) is 48.2 Å². The monoisotopic (exact) mass is 594 g/mol. The van der Waals surface area contributed by atoms with Gasteiger partial charge in [-0.25, -0.2) is 17.6 Å². The largest absolute Gasteiger partial charge is 0.492 e. The van der Waals surface area contributed by atoms with Crippen LogP contribution in [0.5, 0.6) is 5.75 Å². The normalized spacial score (nSPS) is 17.3. The summed E-state index contributed by atoms with van der Waals surface area (Å²) in [5.74, 6) is -4.37. The fourth-order valence-electron chi connectivity index (χ4n) is 4.96. The summed E-state index contributed by atoms with van der Waals surface area (Å²) in [6, 6.07) is 13.2. The van der Waals surface area contributed by atoms with Gasteiger partial charge in [0.05, 0.1) is 13.1 Å². The van der Waals surface area contributed by atoms with E-state index in [2.05, 4.69) is 4.90 Å². The summed E-state index contributed by atoms with van der Waals surface area (Å²) in [6.07, 6.45) is 5.18. The lowest BCUT2D eigenvalue weighted by Gasteiger charge is -2.30. The van der Waals surface area contributed by atoms with Crippen molar-refractivity contribution in [3.63, 3.8) is 0 Å². The van der Waals surface area contributed by atoms with E-state index in [1.54, 1.807) is 24.3 Å². The number of piperidine rings is 1. The minimum absolute atomic E-state index is 0.0835. The second-order valence-corrected chi connectivity index (χ2v) is 10.1. The maximum absolute atomic E-state index is 13.8. The maximum atomic E-state index is 13.8. The smallest absolute Gasteiger partial charge is 0.254 e. The van der Waals surface area contributed by atoms with Crippen molar-refractivity contribution >= 4 is 23.8 Å². The quantitative estimate of drug-likeness (QED) is 0.220. The number of carbonyl (C=O) groups excluding carboxylic acids is 2. The van der Waals surface area contributed by atoms with Crippen LogP contribution in [0.2, 0.25) is 0 Å². The summed E-state index contributed by atoms with van der Waals surface area (Å²) in [6.45, 7) is 7.36. The lowest BCUT2D eigenvalue weighted by atomic mass is 9.93. The highest BCUT2D eigenvalue weighted by atomic mass is 19.2. The Kier molecular flexibility index (Phi) is 10.9. The fraction of sp³-hybridized carbons (Fsp3) is 0.294. The zero-order valence-corrected chi connectivity index (χ0v) is 24.2. The molecule has 2 heterocycles. The van der Waals surface area contributed by atoms with Crippen molar-refractivity contribution in [1.82, 2.24) is 9.80 Å². The van der Waals surface area contributed by atoms with E-state index in [1.165, 1.54) is 42.0 Å². The molecule has 1 amide bonds. The molecule has 3 aromatic rings. The van der Waals surface area contributed by atoms with Gasteiger partial charge in [0.25, 0.3) is 5.91 Å². The van der Waals surface area contributed by atoms with Crippen LogP contribution >= 0.6 is 0 Å². The Bertz CT molecular complexity index is 1440. The standard InChI is InChI=1S/C32H28F4N2O3.C2H6/c33-27-9-3-21(17-29(27)35)15-24-19-38(20-25(31(24)39)16-22-4-10-28(34)30(36)18-22)32(40)23-5-7-26(8-6-23)41-14-13-37-11-1-2-12-37;1-2/h3-10,15-18H,1-2,11-14,19-20H2;1-2H3/b24-15+,25-16+;. The summed E-state index contributed by atoms with van der Waals surface area (Å²) >= 11 is 0. The SMILES string of the molecule is CC.O=C1/C(=C/c2ccc(F)c(F)c2)CN(C(=O)c2ccc(OCCN3CCCC3)cc2)C/C1=C\c1ccc(F)c(F)c1. The van der Waals surface area contributed by atoms with E-state index < -0.39 is 29.1 Å². The number of nitrogens with zero attached hydrogens (tertiary/aromatic N) is 2. The molecule has 43 heavy (non-hydrogen) atoms. The number of ketones is 1. The van der Waals surface area contributed by atoms with Gasteiger partial charge in [-0.1, -0.05) is 26.0 Å². The molecule has 5 nitrogen and oxygen atoms in total. The molecule has 5 rings (SSSR count). The van der Waals surface area contributed by atoms with Crippen LogP contribution in [0, 0.1) is 23.3 Å². The van der Waals surface area contributed by atoms with Crippen molar-refractivity contribution in [2.45, 2.75) is 26.7 Å². The summed E-state index contributed by atoms with van der Waals surface area (Å²) < 4.78 is 60.4. The Morgan fingerprint density at radius 3 is 1.77 bits per heavy atom. The third kappa shape index (κ3) is 8.20. The number of halogens is 4. The number of Topliss-reactive ketones (excluding diaryl/α,β-unsaturated/α-hetero) is 1. The van der Waals surface area contributed by atoms with E-state index in [0.29, 0.717) is 17.9 Å². The number of hydrogen-bond donors (Lipinski definition) is 0. The zero-order chi connectivity index (χ0) is 30.9. The van der Waals surface area contributed by atoms with Gasteiger partial charge in [-0.2, -0.15) is 0 Å². The first-order valence-electron chi connectivity index (χ1n) is 14.4. The second kappa shape index (κ2) is 14.8. The van der Waals surface area contributed by atoms with Crippen LogP contribution in [-0.2, 0) is 4.79 Å². The number of ether oxygens (including phenoxy) is 1. The molecule has 2 fully saturated rings. The van der Waals surface area contributed by atoms with E-state index in [-0.39, 0.29) is 41.3 Å². The topological polar surface area (TPSA) is 49.9 Å². The van der Waals surface area contributed by atoms with Gasteiger partial charge >= 0.3 is 0 Å². The summed E-state index contributed by atoms with van der Waals surface area (Å²) in [5, 5.41) is 0. The average Bonchev–Trinajstić information content (AvgIpc) is 3.53. The molecule has 2 aliphatic rings. The molecule has 226 valence electrons. The number of rotatable bonds is 7. The van der Waals surface area contributed by atoms with E-state index in [1.807, 2.05) is 13.8 Å². The second-order valence-electron chi connectivity index (χ2n) is 10.1. The predicted molar refractivity (Wildman–Crippen MR) is 159 cm³/mol. The van der Waals surface area contributed by atoms with Crippen molar-refractivity contribution < 1.29 is 31.9 Å². The van der Waals surface area contributed by atoms with Gasteiger partial charge in [-0.15, -0.1) is 0 Å². The first-order chi connectivity index (χ1) is 20.8. The van der Waals surface area contributed by atoms with Gasteiger partial charge in [-0.3, -0.25) is 14.5 Å². The first-order valence-corrected chi connectivity index (χ1v) is 14.4. The molecule has 2 aliphatic heterocycles. The minimum Gasteiger partial charge on any atom is -0.492 e. The van der Waals surface area contributed by atoms with Crippen LogP contribution in [0.3, 0.4) is 0 Å². The van der Waals surface area contributed by atoms with Crippen LogP contribution in [0.4, 0.5) is 17.6 Å². The molecule has 2 saturated heterocycles. The molecule has 0 aliphatic carbocycles. The Morgan fingerprint density at radius 1 is 0.767 bits per heavy atom. The molecule has 0 aromatic heterocycles. The van der Waals surface area contributed by atoms with Gasteiger partial charge < -0.3 is 9.64 Å². The molecule has 3 aromatic carbocycles. The van der Waals surface area contributed by atoms with Crippen molar-refractivity contribution in [2.75, 3.05) is 39.3 Å². The van der Waals surface area contributed by atoms with Crippen LogP contribution in [-0.4, -0.2) is 60.8 Å². The average molecular weight is 595 g/mol. The van der Waals surface area contributed by atoms with Crippen molar-refractivity contribution in [3.8, 4) is 5.75 Å². The molecule has 0 spiro atoms. The number of benzene rings is 3. The van der Waals surface area contributed by atoms with E-state index in [0.717, 1.165) is 43.9 Å². The Labute approximate surface area is 249 Å². The molecular formula is C34H34F4N2O3. The third-order valence-electron chi connectivity index (χ3n) is 7.14. The molecule has 9 heteroatoms. The van der Waals surface area contributed by atoms with Crippen molar-refractivity contribution in [1.29, 1.82) is 0 Å². The van der Waals surface area contributed by atoms with E-state index in [9.17, 15) is 27.2 Å². The minimum atomic E-state index is -1.07. The third-order valence-corrected chi connectivity index (χ3v) is 7.14. The van der Waals surface area contributed by atoms with Gasteiger partial charge in [0.1, 0.15) is 12.4 Å². The van der Waals surface area contributed by atoms with Crippen LogP contribution in [0.15, 0.2) is 71.8 Å². The number of carbonyl (C=O) groups is 2. The van der Waals surface area contributed by atoms with E-state index in [4.69, 9.17) is 4.74 Å². The number of hydrogen-bond acceptors (Lipinski definition) is 4. The Morgan fingerprint density at radius 2 is 1.28 bits per heavy atom. The number of likely N-dealkylation sites (tertiary alicyclic amines) is 2. The van der Waals surface area contributed by atoms with Crippen molar-refractivity contribution in [3.05, 3.63) is 112 Å². The summed E-state index contributed by atoms with van der Waals surface area (Å²) in [4.78, 5) is 30.6. The van der Waals surface area contributed by atoms with Gasteiger partial charge in [0.2, 0.25) is 0 Å². The lowest BCUT2D eigenvalue weighted by molar-refractivity contribution is -0.113. The van der Waals surface area contributed by atoms with Crippen molar-refractivity contribution in [2.24, 2.45) is 0 Å². The first kappa shape index (κ1) is 31.7. The lowest BCUT2D eigenvalue weighted by Crippen LogP contribution is -2.41. The van der Waals surface area contributed by atoms with Crippen LogP contribution < -0.4 is 4.74 Å². The molecule has 0 saturated carbocycles. The molecular weight excluding hydrogens is 560 g/mol. The number of amides is 1. The van der Waals surface area contributed by atoms with Gasteiger partial charge in [-0.05, 0) is 97.7 Å². The highest BCUT2D eigenvalue weighted by Crippen LogP contribution is 2.25. The fourth-order valence-corrected chi connectivity index (χ4v) is 4.96. The zero-order valence-electron chi connectivity index (χ0n) is 24.2. The maximum Gasteiger partial charge on any atom is 0.254 e. The summed E-state index contributed by atoms with van der Waals surface area (Å²) in [5.41, 5.74) is 1.16. The van der Waals surface area contributed by atoms with E-state index >= 15 is 0 Å². The molecule has 0 bridgehead atoms. The molecule has 0 unspecified atom stereocenters. The molecule has 0 N–H and O–H groups in total. The van der Waals surface area contributed by atoms with Crippen LogP contribution in [0.25, 0.3) is 12.2 Å². The van der Waals surface area contributed by atoms with Gasteiger partial charge in [0.15, 0.2) is 29.1 Å². The molecule has 0 atom stereocenters.